The predicted octanol–water partition coefficient (Wildman–Crippen LogP) is 5.21. The van der Waals surface area contributed by atoms with Crippen LogP contribution in [0, 0.1) is 6.92 Å². The Labute approximate surface area is 174 Å². The molecule has 0 aliphatic carbocycles. The number of para-hydroxylation sites is 1. The van der Waals surface area contributed by atoms with Crippen molar-refractivity contribution in [3.8, 4) is 11.4 Å². The minimum atomic E-state index is 0.230. The number of thioether (sulfide) groups is 1. The van der Waals surface area contributed by atoms with Crippen LogP contribution in [-0.4, -0.2) is 32.5 Å². The summed E-state index contributed by atoms with van der Waals surface area (Å²) in [6.45, 7) is 3.77. The summed E-state index contributed by atoms with van der Waals surface area (Å²) in [5, 5.41) is 11.3. The third-order valence-electron chi connectivity index (χ3n) is 5.41. The molecule has 0 radical (unpaired) electrons. The second-order valence-electron chi connectivity index (χ2n) is 7.58. The van der Waals surface area contributed by atoms with E-state index < -0.39 is 0 Å². The van der Waals surface area contributed by atoms with Crippen LogP contribution in [0.2, 0.25) is 0 Å². The first-order valence-electron chi connectivity index (χ1n) is 10.1. The lowest BCUT2D eigenvalue weighted by atomic mass is 10.1. The average molecular weight is 405 g/mol. The van der Waals surface area contributed by atoms with Gasteiger partial charge in [-0.15, -0.1) is 10.2 Å². The fourth-order valence-corrected chi connectivity index (χ4v) is 4.85. The number of hydrogen-bond donors (Lipinski definition) is 1. The van der Waals surface area contributed by atoms with Gasteiger partial charge in [0.2, 0.25) is 0 Å². The van der Waals surface area contributed by atoms with Crippen LogP contribution < -0.4 is 0 Å². The molecule has 1 fully saturated rings. The van der Waals surface area contributed by atoms with Crippen LogP contribution in [0.4, 0.5) is 0 Å². The molecule has 0 bridgehead atoms. The Hall–Kier alpha value is -2.57. The molecule has 1 aliphatic heterocycles. The quantitative estimate of drug-likeness (QED) is 0.449. The maximum atomic E-state index is 5.93. The molecule has 148 valence electrons. The number of aromatic nitrogens is 4. The molecule has 6 heteroatoms. The van der Waals surface area contributed by atoms with Gasteiger partial charge in [-0.1, -0.05) is 59.8 Å². The molecular weight excluding hydrogens is 380 g/mol. The third-order valence-corrected chi connectivity index (χ3v) is 6.45. The number of H-pyrrole nitrogens is 1. The van der Waals surface area contributed by atoms with Gasteiger partial charge < -0.3 is 9.72 Å². The minimum absolute atomic E-state index is 0.230. The number of rotatable bonds is 6. The van der Waals surface area contributed by atoms with Gasteiger partial charge in [0.25, 0.3) is 0 Å². The zero-order valence-electron chi connectivity index (χ0n) is 16.5. The van der Waals surface area contributed by atoms with Crippen molar-refractivity contribution in [2.45, 2.75) is 43.3 Å². The van der Waals surface area contributed by atoms with E-state index in [0.29, 0.717) is 0 Å². The molecule has 5 rings (SSSR count). The highest BCUT2D eigenvalue weighted by atomic mass is 32.2. The third kappa shape index (κ3) is 3.82. The first-order valence-corrected chi connectivity index (χ1v) is 11.1. The zero-order chi connectivity index (χ0) is 19.6. The Balaban J connectivity index is 1.49. The van der Waals surface area contributed by atoms with Gasteiger partial charge >= 0.3 is 0 Å². The Morgan fingerprint density at radius 1 is 1.17 bits per heavy atom. The number of nitrogens with zero attached hydrogens (tertiary/aromatic N) is 3. The number of benzene rings is 2. The summed E-state index contributed by atoms with van der Waals surface area (Å²) in [5.41, 5.74) is 4.79. The maximum absolute atomic E-state index is 5.93. The SMILES string of the molecule is Cc1cccc(CSc2nnc(-c3c[nH]c4ccccc34)n2CC2CCCO2)c1. The van der Waals surface area contributed by atoms with Gasteiger partial charge in [0.05, 0.1) is 12.6 Å². The van der Waals surface area contributed by atoms with Crippen LogP contribution in [0.1, 0.15) is 24.0 Å². The van der Waals surface area contributed by atoms with Crippen molar-refractivity contribution < 1.29 is 4.74 Å². The molecule has 1 saturated heterocycles. The molecule has 1 aliphatic rings. The van der Waals surface area contributed by atoms with Crippen molar-refractivity contribution in [3.63, 3.8) is 0 Å². The molecule has 2 aromatic heterocycles. The van der Waals surface area contributed by atoms with Crippen LogP contribution >= 0.6 is 11.8 Å². The second kappa shape index (κ2) is 8.05. The van der Waals surface area contributed by atoms with Gasteiger partial charge in [-0.05, 0) is 31.4 Å². The predicted molar refractivity (Wildman–Crippen MR) is 117 cm³/mol. The van der Waals surface area contributed by atoms with Crippen LogP contribution in [-0.2, 0) is 17.0 Å². The fourth-order valence-electron chi connectivity index (χ4n) is 3.96. The van der Waals surface area contributed by atoms with E-state index in [4.69, 9.17) is 4.74 Å². The van der Waals surface area contributed by atoms with Gasteiger partial charge in [-0.3, -0.25) is 4.57 Å². The number of ether oxygens (including phenoxy) is 1. The largest absolute Gasteiger partial charge is 0.376 e. The summed E-state index contributed by atoms with van der Waals surface area (Å²) in [5.74, 6) is 1.78. The topological polar surface area (TPSA) is 55.7 Å². The van der Waals surface area contributed by atoms with E-state index >= 15 is 0 Å². The van der Waals surface area contributed by atoms with Crippen molar-refractivity contribution in [1.29, 1.82) is 0 Å². The lowest BCUT2D eigenvalue weighted by molar-refractivity contribution is 0.0953. The highest BCUT2D eigenvalue weighted by Crippen LogP contribution is 2.32. The van der Waals surface area contributed by atoms with Crippen LogP contribution in [0.15, 0.2) is 59.9 Å². The van der Waals surface area contributed by atoms with E-state index in [1.807, 2.05) is 12.3 Å². The fraction of sp³-hybridized carbons (Fsp3) is 0.304. The molecule has 0 amide bonds. The first kappa shape index (κ1) is 18.5. The van der Waals surface area contributed by atoms with Gasteiger partial charge in [0.1, 0.15) is 0 Å². The van der Waals surface area contributed by atoms with Crippen molar-refractivity contribution in [2.75, 3.05) is 6.61 Å². The van der Waals surface area contributed by atoms with Gasteiger partial charge in [0, 0.05) is 35.0 Å². The normalized spacial score (nSPS) is 16.7. The summed E-state index contributed by atoms with van der Waals surface area (Å²) < 4.78 is 8.17. The number of fused-ring (bicyclic) bond motifs is 1. The van der Waals surface area contributed by atoms with Crippen molar-refractivity contribution in [2.24, 2.45) is 0 Å². The molecule has 0 saturated carbocycles. The molecular formula is C23H24N4OS. The van der Waals surface area contributed by atoms with Crippen molar-refractivity contribution in [1.82, 2.24) is 19.7 Å². The highest BCUT2D eigenvalue weighted by molar-refractivity contribution is 7.98. The minimum Gasteiger partial charge on any atom is -0.376 e. The summed E-state index contributed by atoms with van der Waals surface area (Å²) in [6.07, 6.45) is 4.48. The molecule has 3 heterocycles. The standard InChI is InChI=1S/C23H24N4OS/c1-16-6-4-7-17(12-16)15-29-23-26-25-22(27(23)14-18-8-5-11-28-18)20-13-24-21-10-3-2-9-19(20)21/h2-4,6-7,9-10,12-13,18,24H,5,8,11,14-15H2,1H3. The monoisotopic (exact) mass is 404 g/mol. The Bertz CT molecular complexity index is 1130. The Morgan fingerprint density at radius 3 is 2.97 bits per heavy atom. The maximum Gasteiger partial charge on any atom is 0.191 e. The lowest BCUT2D eigenvalue weighted by Gasteiger charge is -2.14. The lowest BCUT2D eigenvalue weighted by Crippen LogP contribution is -2.16. The van der Waals surface area contributed by atoms with Crippen molar-refractivity contribution in [3.05, 3.63) is 65.9 Å². The van der Waals surface area contributed by atoms with Crippen molar-refractivity contribution >= 4 is 22.7 Å². The number of nitrogens with one attached hydrogen (secondary N) is 1. The second-order valence-corrected chi connectivity index (χ2v) is 8.52. The molecule has 29 heavy (non-hydrogen) atoms. The number of aromatic amines is 1. The van der Waals surface area contributed by atoms with Crippen LogP contribution in [0.3, 0.4) is 0 Å². The van der Waals surface area contributed by atoms with E-state index in [1.54, 1.807) is 11.8 Å². The summed E-state index contributed by atoms with van der Waals surface area (Å²) in [4.78, 5) is 3.36. The number of aryl methyl sites for hydroxylation is 1. The molecule has 2 aromatic carbocycles. The first-order chi connectivity index (χ1) is 14.3. The van der Waals surface area contributed by atoms with E-state index in [0.717, 1.165) is 53.8 Å². The summed E-state index contributed by atoms with van der Waals surface area (Å²) in [6, 6.07) is 17.0. The van der Waals surface area contributed by atoms with E-state index in [2.05, 4.69) is 69.1 Å². The Kier molecular flexibility index (Phi) is 5.12. The smallest absolute Gasteiger partial charge is 0.191 e. The van der Waals surface area contributed by atoms with Crippen LogP contribution in [0.25, 0.3) is 22.3 Å². The van der Waals surface area contributed by atoms with Gasteiger partial charge in [-0.25, -0.2) is 0 Å². The Morgan fingerprint density at radius 2 is 2.10 bits per heavy atom. The molecule has 0 spiro atoms. The average Bonchev–Trinajstić information content (AvgIpc) is 3.47. The highest BCUT2D eigenvalue weighted by Gasteiger charge is 2.23. The zero-order valence-corrected chi connectivity index (χ0v) is 17.3. The molecule has 5 nitrogen and oxygen atoms in total. The summed E-state index contributed by atoms with van der Waals surface area (Å²) in [7, 11) is 0. The van der Waals surface area contributed by atoms with Gasteiger partial charge in [0.15, 0.2) is 11.0 Å². The molecule has 1 atom stereocenters. The van der Waals surface area contributed by atoms with E-state index in [-0.39, 0.29) is 6.10 Å². The molecule has 1 unspecified atom stereocenters. The van der Waals surface area contributed by atoms with Crippen LogP contribution in [0.5, 0.6) is 0 Å². The molecule has 4 aromatic rings. The molecule has 1 N–H and O–H groups in total. The summed E-state index contributed by atoms with van der Waals surface area (Å²) >= 11 is 1.74. The van der Waals surface area contributed by atoms with Gasteiger partial charge in [-0.2, -0.15) is 0 Å². The van der Waals surface area contributed by atoms with E-state index in [9.17, 15) is 0 Å². The van der Waals surface area contributed by atoms with E-state index in [1.165, 1.54) is 16.5 Å². The number of hydrogen-bond acceptors (Lipinski definition) is 4.